The normalized spacial score (nSPS) is 10.1. The molecule has 0 bridgehead atoms. The van der Waals surface area contributed by atoms with Crippen LogP contribution >= 0.6 is 0 Å². The van der Waals surface area contributed by atoms with Crippen LogP contribution in [0.1, 0.15) is 0 Å². The maximum absolute atomic E-state index is 2.30. The van der Waals surface area contributed by atoms with Crippen molar-refractivity contribution in [3.63, 3.8) is 0 Å². The van der Waals surface area contributed by atoms with Gasteiger partial charge in [0, 0.05) is 0 Å². The summed E-state index contributed by atoms with van der Waals surface area (Å²) in [5, 5.41) is 0. The average Bonchev–Trinajstić information content (AvgIpc) is 2.51. The minimum absolute atomic E-state index is 1.56. The molecule has 0 spiro atoms. The van der Waals surface area contributed by atoms with Crippen molar-refractivity contribution in [2.75, 3.05) is 0 Å². The van der Waals surface area contributed by atoms with Gasteiger partial charge in [-0.15, -0.1) is 0 Å². The average molecular weight is 370 g/mol. The third-order valence-electron chi connectivity index (χ3n) is 3.40. The van der Waals surface area contributed by atoms with Gasteiger partial charge in [-0.1, -0.05) is 0 Å². The molecule has 0 aliphatic heterocycles. The van der Waals surface area contributed by atoms with Crippen molar-refractivity contribution in [3.8, 4) is 0 Å². The van der Waals surface area contributed by atoms with Gasteiger partial charge < -0.3 is 0 Å². The molecule has 0 N–H and O–H groups in total. The van der Waals surface area contributed by atoms with Crippen LogP contribution < -0.4 is 5.90 Å². The summed E-state index contributed by atoms with van der Waals surface area (Å²) in [7, 11) is 0. The molecule has 3 rings (SSSR count). The van der Waals surface area contributed by atoms with Crippen LogP contribution in [-0.4, -0.2) is 0 Å². The number of benzene rings is 3. The van der Waals surface area contributed by atoms with Gasteiger partial charge in [0.2, 0.25) is 0 Å². The molecule has 0 saturated heterocycles. The number of hydrogen-bond donors (Lipinski definition) is 0. The van der Waals surface area contributed by atoms with Crippen molar-refractivity contribution >= 4 is 5.90 Å². The molecular formula is C18H15La. The summed E-state index contributed by atoms with van der Waals surface area (Å²) in [5.74, 6) is 0. The van der Waals surface area contributed by atoms with E-state index in [1.807, 2.05) is 0 Å². The van der Waals surface area contributed by atoms with E-state index >= 15 is 0 Å². The summed E-state index contributed by atoms with van der Waals surface area (Å²) < 4.78 is 4.67. The summed E-state index contributed by atoms with van der Waals surface area (Å²) in [4.78, 5) is 0. The van der Waals surface area contributed by atoms with Crippen molar-refractivity contribution in [1.82, 2.24) is 0 Å². The fourth-order valence-electron chi connectivity index (χ4n) is 2.51. The Morgan fingerprint density at radius 3 is 0.895 bits per heavy atom. The molecular weight excluding hydrogens is 355 g/mol. The molecule has 0 aromatic heterocycles. The summed E-state index contributed by atoms with van der Waals surface area (Å²) in [6.07, 6.45) is 0. The molecule has 3 aromatic carbocycles. The molecule has 0 aliphatic rings. The number of rotatable bonds is 3. The quantitative estimate of drug-likeness (QED) is 0.665. The minimum atomic E-state index is -2.28. The molecule has 0 atom stereocenters. The van der Waals surface area contributed by atoms with Gasteiger partial charge in [-0.05, 0) is 0 Å². The molecule has 3 aromatic rings. The van der Waals surface area contributed by atoms with Gasteiger partial charge >= 0.3 is 127 Å². The van der Waals surface area contributed by atoms with E-state index in [0.717, 1.165) is 0 Å². The van der Waals surface area contributed by atoms with E-state index in [2.05, 4.69) is 91.0 Å². The second-order valence-electron chi connectivity index (χ2n) is 4.67. The first-order valence-corrected chi connectivity index (χ1v) is 12.0. The molecule has 0 fully saturated rings. The first-order valence-electron chi connectivity index (χ1n) is 6.60. The second kappa shape index (κ2) is 6.34. The van der Waals surface area contributed by atoms with Crippen LogP contribution in [0, 0.1) is 30.0 Å². The Hall–Kier alpha value is -1.15. The number of hydrogen-bond acceptors (Lipinski definition) is 0. The van der Waals surface area contributed by atoms with E-state index in [1.165, 1.54) is 0 Å². The monoisotopic (exact) mass is 370 g/mol. The van der Waals surface area contributed by atoms with Gasteiger partial charge in [0.15, 0.2) is 0 Å². The molecule has 0 nitrogen and oxygen atoms in total. The molecule has 0 heterocycles. The topological polar surface area (TPSA) is 0 Å². The van der Waals surface area contributed by atoms with Crippen LogP contribution in [0.15, 0.2) is 91.0 Å². The first kappa shape index (κ1) is 12.9. The van der Waals surface area contributed by atoms with Crippen LogP contribution in [0.25, 0.3) is 0 Å². The molecule has 1 heteroatoms. The third kappa shape index (κ3) is 3.06. The molecule has 0 unspecified atom stereocenters. The predicted molar refractivity (Wildman–Crippen MR) is 78.2 cm³/mol. The standard InChI is InChI=1S/3C6H5.La/c3*1-2-4-6-5-3-1;/h3*1-5H;. The first-order chi connectivity index (χ1) is 9.45. The Kier molecular flexibility index (Phi) is 4.29. The zero-order valence-electron chi connectivity index (χ0n) is 10.7. The van der Waals surface area contributed by atoms with Crippen LogP contribution in [0.5, 0.6) is 0 Å². The fraction of sp³-hybridized carbons (Fsp3) is 0. The van der Waals surface area contributed by atoms with Crippen molar-refractivity contribution in [2.45, 2.75) is 0 Å². The van der Waals surface area contributed by atoms with Crippen LogP contribution in [0.3, 0.4) is 0 Å². The Labute approximate surface area is 126 Å². The fourth-order valence-corrected chi connectivity index (χ4v) is 11.9. The molecule has 90 valence electrons. The Morgan fingerprint density at radius 2 is 0.632 bits per heavy atom. The molecule has 19 heavy (non-hydrogen) atoms. The van der Waals surface area contributed by atoms with Crippen molar-refractivity contribution < 1.29 is 30.0 Å². The SMILES string of the molecule is c1cc[c]([La]([c]2ccccc2)[c]2ccccc2)cc1. The summed E-state index contributed by atoms with van der Waals surface area (Å²) in [6.45, 7) is 0. The van der Waals surface area contributed by atoms with Gasteiger partial charge in [-0.25, -0.2) is 0 Å². The van der Waals surface area contributed by atoms with Crippen molar-refractivity contribution in [2.24, 2.45) is 0 Å². The molecule has 0 amide bonds. The van der Waals surface area contributed by atoms with Crippen LogP contribution in [0.4, 0.5) is 0 Å². The van der Waals surface area contributed by atoms with E-state index in [0.29, 0.717) is 0 Å². The van der Waals surface area contributed by atoms with Gasteiger partial charge in [0.25, 0.3) is 0 Å². The molecule has 0 aliphatic carbocycles. The Bertz CT molecular complexity index is 524. The zero-order chi connectivity index (χ0) is 12.9. The van der Waals surface area contributed by atoms with E-state index < -0.39 is 30.0 Å². The maximum atomic E-state index is 2.30. The van der Waals surface area contributed by atoms with E-state index in [1.54, 1.807) is 5.90 Å². The predicted octanol–water partition coefficient (Wildman–Crippen LogP) is 2.58. The van der Waals surface area contributed by atoms with E-state index in [9.17, 15) is 0 Å². The van der Waals surface area contributed by atoms with Gasteiger partial charge in [0.05, 0.1) is 0 Å². The summed E-state index contributed by atoms with van der Waals surface area (Å²) in [6, 6.07) is 33.1. The van der Waals surface area contributed by atoms with E-state index in [4.69, 9.17) is 0 Å². The summed E-state index contributed by atoms with van der Waals surface area (Å²) >= 11 is -2.28. The van der Waals surface area contributed by atoms with Gasteiger partial charge in [0.1, 0.15) is 0 Å². The van der Waals surface area contributed by atoms with Crippen LogP contribution in [0.2, 0.25) is 0 Å². The third-order valence-corrected chi connectivity index (χ3v) is 13.3. The summed E-state index contributed by atoms with van der Waals surface area (Å²) in [5.41, 5.74) is 0. The second-order valence-corrected chi connectivity index (χ2v) is 13.7. The Morgan fingerprint density at radius 1 is 0.368 bits per heavy atom. The molecule has 0 saturated carbocycles. The van der Waals surface area contributed by atoms with E-state index in [-0.39, 0.29) is 0 Å². The Balaban J connectivity index is 2.12. The van der Waals surface area contributed by atoms with Crippen molar-refractivity contribution in [1.29, 1.82) is 0 Å². The van der Waals surface area contributed by atoms with Crippen molar-refractivity contribution in [3.05, 3.63) is 91.0 Å². The zero-order valence-corrected chi connectivity index (χ0v) is 14.4. The van der Waals surface area contributed by atoms with Gasteiger partial charge in [-0.3, -0.25) is 0 Å². The van der Waals surface area contributed by atoms with Crippen LogP contribution in [-0.2, 0) is 0 Å². The van der Waals surface area contributed by atoms with Gasteiger partial charge in [-0.2, -0.15) is 0 Å². The molecule has 0 radical (unpaired) electrons.